The summed E-state index contributed by atoms with van der Waals surface area (Å²) in [5.74, 6) is -1.35. The Bertz CT molecular complexity index is 995. The summed E-state index contributed by atoms with van der Waals surface area (Å²) in [6.07, 6.45) is 5.95. The third-order valence-electron chi connectivity index (χ3n) is 5.10. The monoisotopic (exact) mass is 428 g/mol. The van der Waals surface area contributed by atoms with Crippen LogP contribution in [0, 0.1) is 0 Å². The molecule has 0 saturated heterocycles. The third-order valence-corrected chi connectivity index (χ3v) is 5.10. The molecule has 0 fully saturated rings. The van der Waals surface area contributed by atoms with Gasteiger partial charge in [0.1, 0.15) is 11.3 Å². The minimum Gasteiger partial charge on any atom is -0.382 e. The second-order valence-electron chi connectivity index (χ2n) is 8.21. The van der Waals surface area contributed by atoms with Gasteiger partial charge in [-0.3, -0.25) is 9.59 Å². The van der Waals surface area contributed by atoms with Crippen molar-refractivity contribution in [3.8, 4) is 0 Å². The Hall–Kier alpha value is -2.80. The van der Waals surface area contributed by atoms with Crippen molar-refractivity contribution in [2.45, 2.75) is 78.9 Å². The van der Waals surface area contributed by atoms with Crippen LogP contribution in [-0.2, 0) is 16.2 Å². The van der Waals surface area contributed by atoms with Crippen LogP contribution >= 0.6 is 0 Å². The topological polar surface area (TPSA) is 98.0 Å². The van der Waals surface area contributed by atoms with E-state index in [2.05, 4.69) is 12.1 Å². The number of ketones is 2. The molecule has 0 unspecified atom stereocenters. The number of hydrogen-bond acceptors (Lipinski definition) is 6. The van der Waals surface area contributed by atoms with Crippen molar-refractivity contribution in [1.29, 1.82) is 0 Å². The van der Waals surface area contributed by atoms with E-state index in [1.165, 1.54) is 20.8 Å². The number of hydrogen-bond donors (Lipinski definition) is 1. The molecule has 1 heterocycles. The van der Waals surface area contributed by atoms with Crippen LogP contribution in [0.15, 0.2) is 29.6 Å². The number of carbonyl (C=O) groups is 3. The summed E-state index contributed by atoms with van der Waals surface area (Å²) in [5.41, 5.74) is 0.177. The van der Waals surface area contributed by atoms with Crippen molar-refractivity contribution in [2.24, 2.45) is 5.16 Å². The Morgan fingerprint density at radius 2 is 1.84 bits per heavy atom. The highest BCUT2D eigenvalue weighted by atomic mass is 16.7. The first kappa shape index (κ1) is 24.5. The average Bonchev–Trinajstić information content (AvgIpc) is 3.09. The first-order valence-corrected chi connectivity index (χ1v) is 10.8. The Morgan fingerprint density at radius 1 is 1.13 bits per heavy atom. The van der Waals surface area contributed by atoms with E-state index in [0.717, 1.165) is 31.2 Å². The molecule has 1 aromatic carbocycles. The number of rotatable bonds is 11. The standard InChI is InChI=1S/C24H32N2O5/c1-6-8-9-10-11-20(25-31-16(3)27)22(28)19-15-26(7-2)21-13-12-17(14-18(19)21)23(29)24(4,5)30/h12-15,30H,6-11H2,1-5H3/b25-20+. The molecule has 0 saturated carbocycles. The molecule has 0 spiro atoms. The number of nitrogens with zero attached hydrogens (tertiary/aromatic N) is 2. The smallest absolute Gasteiger partial charge is 0.331 e. The van der Waals surface area contributed by atoms with E-state index in [1.807, 2.05) is 11.5 Å². The van der Waals surface area contributed by atoms with E-state index < -0.39 is 17.4 Å². The van der Waals surface area contributed by atoms with Crippen LogP contribution in [0.3, 0.4) is 0 Å². The molecular weight excluding hydrogens is 396 g/mol. The van der Waals surface area contributed by atoms with Crippen LogP contribution in [-0.4, -0.2) is 38.5 Å². The quantitative estimate of drug-likeness (QED) is 0.184. The first-order chi connectivity index (χ1) is 14.6. The molecule has 7 heteroatoms. The van der Waals surface area contributed by atoms with Gasteiger partial charge in [0.05, 0.1) is 0 Å². The summed E-state index contributed by atoms with van der Waals surface area (Å²) in [6.45, 7) is 8.80. The highest BCUT2D eigenvalue weighted by molar-refractivity contribution is 6.47. The molecular formula is C24H32N2O5. The molecule has 0 aliphatic carbocycles. The number of benzene rings is 1. The molecule has 0 bridgehead atoms. The Balaban J connectivity index is 2.51. The lowest BCUT2D eigenvalue weighted by molar-refractivity contribution is -0.140. The molecule has 0 amide bonds. The number of unbranched alkanes of at least 4 members (excludes halogenated alkanes) is 3. The van der Waals surface area contributed by atoms with E-state index in [1.54, 1.807) is 24.4 Å². The van der Waals surface area contributed by atoms with Gasteiger partial charge >= 0.3 is 5.97 Å². The van der Waals surface area contributed by atoms with Crippen LogP contribution in [0.25, 0.3) is 10.9 Å². The number of aryl methyl sites for hydroxylation is 1. The minimum absolute atomic E-state index is 0.181. The van der Waals surface area contributed by atoms with Gasteiger partial charge in [-0.2, -0.15) is 0 Å². The number of aliphatic hydroxyl groups is 1. The van der Waals surface area contributed by atoms with E-state index in [9.17, 15) is 19.5 Å². The van der Waals surface area contributed by atoms with Crippen LogP contribution in [0.1, 0.15) is 87.4 Å². The maximum Gasteiger partial charge on any atom is 0.331 e. The van der Waals surface area contributed by atoms with E-state index in [-0.39, 0.29) is 11.5 Å². The molecule has 0 aliphatic rings. The molecule has 0 aliphatic heterocycles. The van der Waals surface area contributed by atoms with E-state index in [4.69, 9.17) is 4.84 Å². The second-order valence-corrected chi connectivity index (χ2v) is 8.21. The van der Waals surface area contributed by atoms with Crippen molar-refractivity contribution in [3.63, 3.8) is 0 Å². The van der Waals surface area contributed by atoms with Gasteiger partial charge in [-0.1, -0.05) is 31.3 Å². The fraction of sp³-hybridized carbons (Fsp3) is 0.500. The fourth-order valence-electron chi connectivity index (χ4n) is 3.43. The number of aromatic nitrogens is 1. The normalized spacial score (nSPS) is 12.3. The van der Waals surface area contributed by atoms with Gasteiger partial charge in [0.2, 0.25) is 5.78 Å². The van der Waals surface area contributed by atoms with Crippen molar-refractivity contribution in [2.75, 3.05) is 0 Å². The predicted molar refractivity (Wildman–Crippen MR) is 121 cm³/mol. The summed E-state index contributed by atoms with van der Waals surface area (Å²) in [5, 5.41) is 14.5. The molecule has 0 radical (unpaired) electrons. The highest BCUT2D eigenvalue weighted by Gasteiger charge is 2.27. The minimum atomic E-state index is -1.52. The number of oxime groups is 1. The van der Waals surface area contributed by atoms with Gasteiger partial charge in [-0.05, 0) is 51.8 Å². The van der Waals surface area contributed by atoms with Crippen molar-refractivity contribution < 1.29 is 24.3 Å². The van der Waals surface area contributed by atoms with Gasteiger partial charge in [0.15, 0.2) is 5.78 Å². The maximum absolute atomic E-state index is 13.4. The molecule has 0 atom stereocenters. The fourth-order valence-corrected chi connectivity index (χ4v) is 3.43. The SMILES string of the molecule is CCCCCC/C(=N\OC(C)=O)C(=O)c1cn(CC)c2ccc(C(=O)C(C)(C)O)cc12. The van der Waals surface area contributed by atoms with Gasteiger partial charge in [-0.25, -0.2) is 4.79 Å². The van der Waals surface area contributed by atoms with Crippen LogP contribution in [0.4, 0.5) is 0 Å². The summed E-state index contributed by atoms with van der Waals surface area (Å²) < 4.78 is 1.92. The van der Waals surface area contributed by atoms with Gasteiger partial charge < -0.3 is 14.5 Å². The van der Waals surface area contributed by atoms with E-state index in [0.29, 0.717) is 29.5 Å². The first-order valence-electron chi connectivity index (χ1n) is 10.8. The maximum atomic E-state index is 13.4. The van der Waals surface area contributed by atoms with Gasteiger partial charge in [0.25, 0.3) is 0 Å². The largest absolute Gasteiger partial charge is 0.382 e. The van der Waals surface area contributed by atoms with Crippen LogP contribution < -0.4 is 0 Å². The molecule has 7 nitrogen and oxygen atoms in total. The molecule has 31 heavy (non-hydrogen) atoms. The highest BCUT2D eigenvalue weighted by Crippen LogP contribution is 2.26. The zero-order valence-electron chi connectivity index (χ0n) is 19.0. The molecule has 2 aromatic rings. The zero-order chi connectivity index (χ0) is 23.2. The van der Waals surface area contributed by atoms with Gasteiger partial charge in [0, 0.05) is 41.7 Å². The number of fused-ring (bicyclic) bond motifs is 1. The third kappa shape index (κ3) is 6.10. The predicted octanol–water partition coefficient (Wildman–Crippen LogP) is 4.69. The Labute approximate surface area is 183 Å². The van der Waals surface area contributed by atoms with Crippen molar-refractivity contribution >= 4 is 34.2 Å². The molecule has 2 rings (SSSR count). The lowest BCUT2D eigenvalue weighted by Crippen LogP contribution is -2.31. The van der Waals surface area contributed by atoms with Crippen molar-refractivity contribution in [3.05, 3.63) is 35.5 Å². The lowest BCUT2D eigenvalue weighted by atomic mass is 9.94. The summed E-state index contributed by atoms with van der Waals surface area (Å²) in [7, 11) is 0. The number of carbonyl (C=O) groups excluding carboxylic acids is 3. The summed E-state index contributed by atoms with van der Waals surface area (Å²) >= 11 is 0. The second kappa shape index (κ2) is 10.5. The van der Waals surface area contributed by atoms with Crippen LogP contribution in [0.5, 0.6) is 0 Å². The zero-order valence-corrected chi connectivity index (χ0v) is 19.0. The summed E-state index contributed by atoms with van der Waals surface area (Å²) in [6, 6.07) is 5.07. The van der Waals surface area contributed by atoms with E-state index >= 15 is 0 Å². The number of Topliss-reactive ketones (excluding diaryl/α,β-unsaturated/α-hetero) is 2. The average molecular weight is 429 g/mol. The lowest BCUT2D eigenvalue weighted by Gasteiger charge is -2.15. The molecule has 1 aromatic heterocycles. The van der Waals surface area contributed by atoms with Crippen LogP contribution in [0.2, 0.25) is 0 Å². The molecule has 168 valence electrons. The Kier molecular flexibility index (Phi) is 8.28. The Morgan fingerprint density at radius 3 is 2.42 bits per heavy atom. The molecule has 1 N–H and O–H groups in total. The van der Waals surface area contributed by atoms with Gasteiger partial charge in [-0.15, -0.1) is 0 Å². The van der Waals surface area contributed by atoms with Crippen molar-refractivity contribution in [1.82, 2.24) is 4.57 Å². The summed E-state index contributed by atoms with van der Waals surface area (Å²) in [4.78, 5) is 42.0.